The molecule has 0 aliphatic rings. The molecule has 0 atom stereocenters. The second-order valence-corrected chi connectivity index (χ2v) is 6.35. The van der Waals surface area contributed by atoms with Crippen LogP contribution in [0.4, 0.5) is 5.95 Å². The Morgan fingerprint density at radius 2 is 2.14 bits per heavy atom. The number of aryl methyl sites for hydroxylation is 1. The van der Waals surface area contributed by atoms with E-state index in [2.05, 4.69) is 32.2 Å². The number of thiophene rings is 1. The molecule has 0 saturated heterocycles. The maximum absolute atomic E-state index is 4.60. The zero-order chi connectivity index (χ0) is 14.7. The van der Waals surface area contributed by atoms with Gasteiger partial charge in [-0.2, -0.15) is 0 Å². The van der Waals surface area contributed by atoms with Crippen LogP contribution >= 0.6 is 23.1 Å². The Kier molecular flexibility index (Phi) is 4.31. The fourth-order valence-corrected chi connectivity index (χ4v) is 3.49. The lowest BCUT2D eigenvalue weighted by Gasteiger charge is -2.06. The maximum Gasteiger partial charge on any atom is 0.225 e. The summed E-state index contributed by atoms with van der Waals surface area (Å²) in [5.74, 6) is 0.668. The van der Waals surface area contributed by atoms with Gasteiger partial charge in [-0.25, -0.2) is 19.9 Å². The highest BCUT2D eigenvalue weighted by molar-refractivity contribution is 7.99. The summed E-state index contributed by atoms with van der Waals surface area (Å²) in [6.45, 7) is 4.94. The van der Waals surface area contributed by atoms with Gasteiger partial charge in [0, 0.05) is 23.8 Å². The molecule has 0 bridgehead atoms. The van der Waals surface area contributed by atoms with Gasteiger partial charge in [0.2, 0.25) is 5.95 Å². The van der Waals surface area contributed by atoms with Crippen LogP contribution in [0.5, 0.6) is 0 Å². The van der Waals surface area contributed by atoms with E-state index >= 15 is 0 Å². The first-order chi connectivity index (χ1) is 10.3. The van der Waals surface area contributed by atoms with Gasteiger partial charge in [-0.1, -0.05) is 6.92 Å². The maximum atomic E-state index is 4.60. The van der Waals surface area contributed by atoms with Crippen LogP contribution in [-0.2, 0) is 0 Å². The molecule has 0 radical (unpaired) electrons. The smallest absolute Gasteiger partial charge is 0.225 e. The van der Waals surface area contributed by atoms with Crippen LogP contribution in [0.1, 0.15) is 19.0 Å². The highest BCUT2D eigenvalue weighted by Gasteiger charge is 2.11. The molecule has 0 fully saturated rings. The molecule has 0 aromatic carbocycles. The van der Waals surface area contributed by atoms with Gasteiger partial charge in [0.15, 0.2) is 5.16 Å². The molecule has 7 heteroatoms. The lowest BCUT2D eigenvalue weighted by atomic mass is 10.4. The molecule has 3 aromatic rings. The van der Waals surface area contributed by atoms with Gasteiger partial charge in [0.05, 0.1) is 0 Å². The summed E-state index contributed by atoms with van der Waals surface area (Å²) in [7, 11) is 0. The van der Waals surface area contributed by atoms with Crippen molar-refractivity contribution >= 4 is 39.3 Å². The second-order valence-electron chi connectivity index (χ2n) is 4.50. The summed E-state index contributed by atoms with van der Waals surface area (Å²) >= 11 is 3.09. The Labute approximate surface area is 131 Å². The fraction of sp³-hybridized carbons (Fsp3) is 0.286. The molecule has 3 rings (SSSR count). The van der Waals surface area contributed by atoms with Crippen LogP contribution in [0.3, 0.4) is 0 Å². The number of nitrogens with zero attached hydrogens (tertiary/aromatic N) is 4. The van der Waals surface area contributed by atoms with Crippen LogP contribution in [0.25, 0.3) is 10.2 Å². The summed E-state index contributed by atoms with van der Waals surface area (Å²) in [6.07, 6.45) is 2.81. The zero-order valence-corrected chi connectivity index (χ0v) is 13.5. The van der Waals surface area contributed by atoms with Crippen molar-refractivity contribution in [3.8, 4) is 0 Å². The number of fused-ring (bicyclic) bond motifs is 1. The predicted octanol–water partition coefficient (Wildman–Crippen LogP) is 3.76. The van der Waals surface area contributed by atoms with Gasteiger partial charge in [0.1, 0.15) is 9.86 Å². The van der Waals surface area contributed by atoms with Gasteiger partial charge < -0.3 is 5.32 Å². The van der Waals surface area contributed by atoms with E-state index in [1.807, 2.05) is 24.4 Å². The summed E-state index contributed by atoms with van der Waals surface area (Å²) < 4.78 is 0. The molecule has 3 aromatic heterocycles. The lowest BCUT2D eigenvalue weighted by Crippen LogP contribution is -2.04. The normalized spacial score (nSPS) is 11.0. The molecule has 0 unspecified atom stereocenters. The molecule has 21 heavy (non-hydrogen) atoms. The number of nitrogens with one attached hydrogen (secondary N) is 1. The highest BCUT2D eigenvalue weighted by atomic mass is 32.2. The molecule has 0 saturated carbocycles. The van der Waals surface area contributed by atoms with E-state index in [4.69, 9.17) is 0 Å². The van der Waals surface area contributed by atoms with Crippen LogP contribution < -0.4 is 5.32 Å². The summed E-state index contributed by atoms with van der Waals surface area (Å²) in [6, 6.07) is 3.93. The Morgan fingerprint density at radius 1 is 1.24 bits per heavy atom. The van der Waals surface area contributed by atoms with Gasteiger partial charge in [0.25, 0.3) is 0 Å². The van der Waals surface area contributed by atoms with E-state index in [1.165, 1.54) is 11.8 Å². The van der Waals surface area contributed by atoms with Crippen molar-refractivity contribution < 1.29 is 0 Å². The molecule has 0 aliphatic carbocycles. The van der Waals surface area contributed by atoms with E-state index in [0.29, 0.717) is 11.1 Å². The second kappa shape index (κ2) is 6.36. The van der Waals surface area contributed by atoms with Crippen LogP contribution in [0.15, 0.2) is 33.9 Å². The minimum atomic E-state index is 0.668. The standard InChI is InChI=1S/C14H15N5S2/c1-3-6-15-13-18-11-10(5-8-20-11)12(19-13)21-14-16-7-4-9(2)17-14/h4-5,7-8H,3,6H2,1-2H3,(H,15,18,19). The number of anilines is 1. The molecule has 108 valence electrons. The number of hydrogen-bond acceptors (Lipinski definition) is 7. The summed E-state index contributed by atoms with van der Waals surface area (Å²) in [5, 5.41) is 7.93. The largest absolute Gasteiger partial charge is 0.354 e. The molecule has 0 amide bonds. The number of rotatable bonds is 5. The first-order valence-electron chi connectivity index (χ1n) is 6.73. The molecular formula is C14H15N5S2. The first kappa shape index (κ1) is 14.2. The van der Waals surface area contributed by atoms with Crippen LogP contribution in [0.2, 0.25) is 0 Å². The first-order valence-corrected chi connectivity index (χ1v) is 8.42. The van der Waals surface area contributed by atoms with Crippen molar-refractivity contribution in [1.82, 2.24) is 19.9 Å². The van der Waals surface area contributed by atoms with Crippen molar-refractivity contribution in [2.45, 2.75) is 30.5 Å². The minimum absolute atomic E-state index is 0.668. The Balaban J connectivity index is 1.97. The van der Waals surface area contributed by atoms with Gasteiger partial charge >= 0.3 is 0 Å². The van der Waals surface area contributed by atoms with Crippen molar-refractivity contribution in [2.24, 2.45) is 0 Å². The SMILES string of the molecule is CCCNc1nc(Sc2nccc(C)n2)c2ccsc2n1. The average Bonchev–Trinajstić information content (AvgIpc) is 2.94. The quantitative estimate of drug-likeness (QED) is 0.571. The van der Waals surface area contributed by atoms with E-state index in [1.54, 1.807) is 17.5 Å². The molecule has 5 nitrogen and oxygen atoms in total. The topological polar surface area (TPSA) is 63.6 Å². The summed E-state index contributed by atoms with van der Waals surface area (Å²) in [4.78, 5) is 18.8. The Bertz CT molecular complexity index is 756. The van der Waals surface area contributed by atoms with E-state index < -0.39 is 0 Å². The zero-order valence-electron chi connectivity index (χ0n) is 11.8. The Morgan fingerprint density at radius 3 is 2.95 bits per heavy atom. The van der Waals surface area contributed by atoms with Crippen molar-refractivity contribution in [3.05, 3.63) is 29.4 Å². The molecular weight excluding hydrogens is 302 g/mol. The van der Waals surface area contributed by atoms with E-state index in [0.717, 1.165) is 33.9 Å². The molecule has 0 aliphatic heterocycles. The fourth-order valence-electron chi connectivity index (χ4n) is 1.78. The van der Waals surface area contributed by atoms with Crippen molar-refractivity contribution in [2.75, 3.05) is 11.9 Å². The van der Waals surface area contributed by atoms with Crippen LogP contribution in [-0.4, -0.2) is 26.5 Å². The van der Waals surface area contributed by atoms with Gasteiger partial charge in [-0.05, 0) is 42.6 Å². The molecule has 1 N–H and O–H groups in total. The highest BCUT2D eigenvalue weighted by Crippen LogP contribution is 2.32. The third-order valence-electron chi connectivity index (χ3n) is 2.78. The minimum Gasteiger partial charge on any atom is -0.354 e. The van der Waals surface area contributed by atoms with Crippen LogP contribution in [0, 0.1) is 6.92 Å². The van der Waals surface area contributed by atoms with Crippen molar-refractivity contribution in [1.29, 1.82) is 0 Å². The Hall–Kier alpha value is -1.73. The predicted molar refractivity (Wildman–Crippen MR) is 87.1 cm³/mol. The third kappa shape index (κ3) is 3.30. The summed E-state index contributed by atoms with van der Waals surface area (Å²) in [5.41, 5.74) is 0.951. The lowest BCUT2D eigenvalue weighted by molar-refractivity contribution is 0.924. The molecule has 0 spiro atoms. The van der Waals surface area contributed by atoms with Crippen molar-refractivity contribution in [3.63, 3.8) is 0 Å². The monoisotopic (exact) mass is 317 g/mol. The average molecular weight is 317 g/mol. The number of aromatic nitrogens is 4. The van der Waals surface area contributed by atoms with E-state index in [9.17, 15) is 0 Å². The van der Waals surface area contributed by atoms with E-state index in [-0.39, 0.29) is 0 Å². The van der Waals surface area contributed by atoms with Gasteiger partial charge in [-0.3, -0.25) is 0 Å². The third-order valence-corrected chi connectivity index (χ3v) is 4.47. The van der Waals surface area contributed by atoms with Gasteiger partial charge in [-0.15, -0.1) is 11.3 Å². The molecule has 3 heterocycles. The number of hydrogen-bond donors (Lipinski definition) is 1.